The number of unbranched alkanes of at least 4 members (excludes halogenated alkanes) is 2. The van der Waals surface area contributed by atoms with Gasteiger partial charge in [0, 0.05) is 35.8 Å². The molecule has 3 aromatic rings. The summed E-state index contributed by atoms with van der Waals surface area (Å²) in [6.07, 6.45) is 8.59. The fourth-order valence-electron chi connectivity index (χ4n) is 4.82. The summed E-state index contributed by atoms with van der Waals surface area (Å²) in [4.78, 5) is 12.1. The number of methoxy groups -OCH3 is 1. The van der Waals surface area contributed by atoms with Crippen LogP contribution in [0.2, 0.25) is 0 Å². The van der Waals surface area contributed by atoms with Crippen molar-refractivity contribution in [2.24, 2.45) is 0 Å². The molecule has 0 saturated heterocycles. The van der Waals surface area contributed by atoms with E-state index in [1.54, 1.807) is 7.11 Å². The van der Waals surface area contributed by atoms with E-state index >= 15 is 0 Å². The minimum Gasteiger partial charge on any atom is -0.385 e. The number of ether oxygens (including phenoxy) is 1. The zero-order chi connectivity index (χ0) is 22.2. The first-order valence-electron chi connectivity index (χ1n) is 11.8. The number of aromatic nitrogens is 2. The fourth-order valence-corrected chi connectivity index (χ4v) is 4.82. The maximum absolute atomic E-state index is 12.1. The van der Waals surface area contributed by atoms with Gasteiger partial charge in [-0.2, -0.15) is 5.10 Å². The van der Waals surface area contributed by atoms with Crippen molar-refractivity contribution in [3.05, 3.63) is 58.9 Å². The normalized spacial score (nSPS) is 14.8. The second kappa shape index (κ2) is 12.2. The molecule has 1 saturated carbocycles. The Morgan fingerprint density at radius 2 is 1.76 bits per heavy atom. The molecule has 1 aliphatic carbocycles. The molecule has 0 spiro atoms. The van der Waals surface area contributed by atoms with Crippen molar-refractivity contribution in [1.82, 2.24) is 15.5 Å². The summed E-state index contributed by atoms with van der Waals surface area (Å²) >= 11 is 0. The molecule has 0 bridgehead atoms. The Morgan fingerprint density at radius 3 is 2.55 bits per heavy atom. The summed E-state index contributed by atoms with van der Waals surface area (Å²) in [5, 5.41) is 15.8. The predicted molar refractivity (Wildman–Crippen MR) is 138 cm³/mol. The Hall–Kier alpha value is -2.41. The topological polar surface area (TPSA) is 79.0 Å². The second-order valence-corrected chi connectivity index (χ2v) is 8.86. The summed E-state index contributed by atoms with van der Waals surface area (Å²) in [7, 11) is 1.80. The number of H-pyrrole nitrogens is 1. The van der Waals surface area contributed by atoms with E-state index in [0.717, 1.165) is 48.4 Å². The zero-order valence-corrected chi connectivity index (χ0v) is 20.2. The van der Waals surface area contributed by atoms with Gasteiger partial charge in [-0.3, -0.25) is 4.79 Å². The van der Waals surface area contributed by atoms with Gasteiger partial charge < -0.3 is 15.4 Å². The Morgan fingerprint density at radius 1 is 1.00 bits per heavy atom. The molecule has 0 unspecified atom stereocenters. The summed E-state index contributed by atoms with van der Waals surface area (Å²) in [6, 6.07) is 15.8. The lowest BCUT2D eigenvalue weighted by Gasteiger charge is -2.29. The molecule has 0 atom stereocenters. The minimum atomic E-state index is -0.158. The first-order valence-corrected chi connectivity index (χ1v) is 11.8. The summed E-state index contributed by atoms with van der Waals surface area (Å²) in [5.41, 5.74) is 2.92. The number of halogens is 1. The number of aromatic amines is 1. The molecule has 2 aromatic carbocycles. The molecule has 7 heteroatoms. The molecule has 33 heavy (non-hydrogen) atoms. The van der Waals surface area contributed by atoms with Crippen LogP contribution < -0.4 is 16.2 Å². The van der Waals surface area contributed by atoms with E-state index in [2.05, 4.69) is 33.0 Å². The van der Waals surface area contributed by atoms with Crippen LogP contribution in [0, 0.1) is 0 Å². The monoisotopic (exact) mass is 470 g/mol. The molecule has 1 fully saturated rings. The third kappa shape index (κ3) is 6.34. The van der Waals surface area contributed by atoms with Crippen molar-refractivity contribution in [3.8, 4) is 11.3 Å². The van der Waals surface area contributed by atoms with E-state index in [4.69, 9.17) is 4.74 Å². The van der Waals surface area contributed by atoms with E-state index < -0.39 is 0 Å². The van der Waals surface area contributed by atoms with Gasteiger partial charge in [-0.25, -0.2) is 5.10 Å². The lowest BCUT2D eigenvalue weighted by molar-refractivity contribution is 0.111. The smallest absolute Gasteiger partial charge is 0.272 e. The molecule has 1 aromatic heterocycles. The SMILES string of the molecule is COCC1(NCCCCCNc2cccc(-c3n[nH]c(=O)c4ccccc34)c2)CCCC1.Cl. The van der Waals surface area contributed by atoms with Crippen LogP contribution in [0.3, 0.4) is 0 Å². The molecule has 1 aliphatic rings. The number of anilines is 1. The van der Waals surface area contributed by atoms with Gasteiger partial charge in [0.15, 0.2) is 0 Å². The number of nitrogens with zero attached hydrogens (tertiary/aromatic N) is 1. The Balaban J connectivity index is 0.00000306. The molecule has 0 aliphatic heterocycles. The minimum absolute atomic E-state index is 0. The largest absolute Gasteiger partial charge is 0.385 e. The van der Waals surface area contributed by atoms with Crippen LogP contribution in [0.5, 0.6) is 0 Å². The molecule has 0 radical (unpaired) electrons. The van der Waals surface area contributed by atoms with Gasteiger partial charge in [-0.15, -0.1) is 12.4 Å². The van der Waals surface area contributed by atoms with Crippen LogP contribution in [0.15, 0.2) is 53.3 Å². The molecule has 6 nitrogen and oxygen atoms in total. The molecular weight excluding hydrogens is 436 g/mol. The van der Waals surface area contributed by atoms with E-state index in [-0.39, 0.29) is 23.5 Å². The van der Waals surface area contributed by atoms with Gasteiger partial charge in [-0.05, 0) is 50.4 Å². The highest BCUT2D eigenvalue weighted by Crippen LogP contribution is 2.30. The number of nitrogens with one attached hydrogen (secondary N) is 3. The maximum atomic E-state index is 12.1. The fraction of sp³-hybridized carbons (Fsp3) is 0.462. The highest BCUT2D eigenvalue weighted by atomic mass is 35.5. The second-order valence-electron chi connectivity index (χ2n) is 8.86. The molecule has 0 amide bonds. The van der Waals surface area contributed by atoms with Crippen LogP contribution in [0.1, 0.15) is 44.9 Å². The van der Waals surface area contributed by atoms with Crippen LogP contribution in [0.25, 0.3) is 22.0 Å². The molecule has 1 heterocycles. The Bertz CT molecular complexity index is 1080. The first kappa shape index (κ1) is 25.2. The lowest BCUT2D eigenvalue weighted by atomic mass is 9.98. The van der Waals surface area contributed by atoms with Gasteiger partial charge >= 0.3 is 0 Å². The van der Waals surface area contributed by atoms with Crippen molar-refractivity contribution >= 4 is 28.9 Å². The van der Waals surface area contributed by atoms with Crippen molar-refractivity contribution in [1.29, 1.82) is 0 Å². The Labute approximate surface area is 201 Å². The van der Waals surface area contributed by atoms with E-state index in [0.29, 0.717) is 5.39 Å². The predicted octanol–water partition coefficient (Wildman–Crippen LogP) is 5.14. The summed E-state index contributed by atoms with van der Waals surface area (Å²) in [5.74, 6) is 0. The van der Waals surface area contributed by atoms with Crippen molar-refractivity contribution in [2.45, 2.75) is 50.5 Å². The van der Waals surface area contributed by atoms with Crippen molar-refractivity contribution in [3.63, 3.8) is 0 Å². The van der Waals surface area contributed by atoms with Crippen LogP contribution in [0.4, 0.5) is 5.69 Å². The quantitative estimate of drug-likeness (QED) is 0.338. The van der Waals surface area contributed by atoms with Gasteiger partial charge in [-0.1, -0.05) is 49.6 Å². The molecule has 4 rings (SSSR count). The highest BCUT2D eigenvalue weighted by molar-refractivity contribution is 5.94. The zero-order valence-electron chi connectivity index (χ0n) is 19.4. The van der Waals surface area contributed by atoms with E-state index in [1.807, 2.05) is 36.4 Å². The molecular formula is C26H35ClN4O2. The number of benzene rings is 2. The van der Waals surface area contributed by atoms with Gasteiger partial charge in [0.1, 0.15) is 0 Å². The van der Waals surface area contributed by atoms with E-state index in [9.17, 15) is 4.79 Å². The maximum Gasteiger partial charge on any atom is 0.272 e. The van der Waals surface area contributed by atoms with Crippen molar-refractivity contribution < 1.29 is 4.74 Å². The lowest BCUT2D eigenvalue weighted by Crippen LogP contribution is -2.47. The average Bonchev–Trinajstić information content (AvgIpc) is 3.28. The number of fused-ring (bicyclic) bond motifs is 1. The van der Waals surface area contributed by atoms with Crippen molar-refractivity contribution in [2.75, 3.05) is 32.1 Å². The summed E-state index contributed by atoms with van der Waals surface area (Å²) < 4.78 is 5.45. The van der Waals surface area contributed by atoms with Gasteiger partial charge in [0.2, 0.25) is 0 Å². The number of hydrogen-bond donors (Lipinski definition) is 3. The molecule has 178 valence electrons. The summed E-state index contributed by atoms with van der Waals surface area (Å²) in [6.45, 7) is 2.82. The highest BCUT2D eigenvalue weighted by Gasteiger charge is 2.32. The average molecular weight is 471 g/mol. The standard InChI is InChI=1S/C26H34N4O2.ClH/c1-32-19-26(14-5-6-15-26)28-17-8-2-7-16-27-21-11-9-10-20(18-21)24-22-12-3-4-13-23(22)25(31)30-29-24;/h3-4,9-13,18,27-28H,2,5-8,14-17,19H2,1H3,(H,30,31);1H. The van der Waals surface area contributed by atoms with E-state index in [1.165, 1.54) is 38.5 Å². The third-order valence-corrected chi connectivity index (χ3v) is 6.50. The van der Waals surface area contributed by atoms with Gasteiger partial charge in [0.25, 0.3) is 5.56 Å². The molecule has 3 N–H and O–H groups in total. The van der Waals surface area contributed by atoms with Crippen LogP contribution in [-0.4, -0.2) is 42.5 Å². The first-order chi connectivity index (χ1) is 15.7. The Kier molecular flexibility index (Phi) is 9.30. The van der Waals surface area contributed by atoms with Crippen LogP contribution in [-0.2, 0) is 4.74 Å². The van der Waals surface area contributed by atoms with Crippen LogP contribution >= 0.6 is 12.4 Å². The number of rotatable bonds is 11. The number of hydrogen-bond acceptors (Lipinski definition) is 5. The van der Waals surface area contributed by atoms with Gasteiger partial charge in [0.05, 0.1) is 17.7 Å². The third-order valence-electron chi connectivity index (χ3n) is 6.50.